The fraction of sp³-hybridized carbons (Fsp3) is 0.500. The minimum atomic E-state index is -0.649. The molecule has 0 aromatic carbocycles. The Bertz CT molecular complexity index is 441. The van der Waals surface area contributed by atoms with Gasteiger partial charge in [-0.2, -0.15) is 0 Å². The van der Waals surface area contributed by atoms with Crippen molar-refractivity contribution in [3.63, 3.8) is 0 Å². The van der Waals surface area contributed by atoms with Crippen LogP contribution in [0.2, 0.25) is 0 Å². The fourth-order valence-corrected chi connectivity index (χ4v) is 1.64. The molecule has 0 aliphatic carbocycles. The molecule has 1 atom stereocenters. The second kappa shape index (κ2) is 6.61. The van der Waals surface area contributed by atoms with E-state index in [2.05, 4.69) is 10.3 Å². The molecule has 0 fully saturated rings. The third kappa shape index (κ3) is 4.95. The molecule has 19 heavy (non-hydrogen) atoms. The first-order chi connectivity index (χ1) is 8.85. The minimum Gasteiger partial charge on any atom is -0.464 e. The van der Waals surface area contributed by atoms with Crippen LogP contribution in [0.1, 0.15) is 32.4 Å². The molecule has 0 aliphatic rings. The highest BCUT2D eigenvalue weighted by Gasteiger charge is 2.28. The fourth-order valence-electron chi connectivity index (χ4n) is 1.42. The Labute approximate surface area is 119 Å². The number of carbonyl (C=O) groups excluding carboxylic acids is 1. The average molecular weight is 280 g/mol. The zero-order chi connectivity index (χ0) is 14.5. The molecule has 0 bridgehead atoms. The van der Waals surface area contributed by atoms with Crippen molar-refractivity contribution in [2.24, 2.45) is 5.41 Å². The van der Waals surface area contributed by atoms with Gasteiger partial charge in [-0.15, -0.1) is 0 Å². The number of hydrogen-bond donors (Lipinski definition) is 1. The minimum absolute atomic E-state index is 0.0778. The number of aromatic nitrogens is 1. The van der Waals surface area contributed by atoms with E-state index < -0.39 is 5.92 Å². The Morgan fingerprint density at radius 3 is 2.63 bits per heavy atom. The SMILES string of the molecule is CNC(=S)C(C(=O)OCC(C)(C)C)c1ccccn1. The molecule has 4 nitrogen and oxygen atoms in total. The number of rotatable bonds is 4. The number of hydrogen-bond acceptors (Lipinski definition) is 4. The van der Waals surface area contributed by atoms with Gasteiger partial charge in [0.1, 0.15) is 5.92 Å². The maximum Gasteiger partial charge on any atom is 0.322 e. The number of pyridine rings is 1. The smallest absolute Gasteiger partial charge is 0.322 e. The quantitative estimate of drug-likeness (QED) is 0.677. The van der Waals surface area contributed by atoms with E-state index in [0.717, 1.165) is 0 Å². The third-order valence-corrected chi connectivity index (χ3v) is 2.82. The molecule has 0 aliphatic heterocycles. The summed E-state index contributed by atoms with van der Waals surface area (Å²) in [7, 11) is 1.69. The molecular formula is C14H20N2O2S. The number of carbonyl (C=O) groups is 1. The topological polar surface area (TPSA) is 51.2 Å². The maximum absolute atomic E-state index is 12.2. The zero-order valence-electron chi connectivity index (χ0n) is 11.8. The van der Waals surface area contributed by atoms with Gasteiger partial charge in [0.25, 0.3) is 0 Å². The third-order valence-electron chi connectivity index (χ3n) is 2.38. The van der Waals surface area contributed by atoms with E-state index in [9.17, 15) is 4.79 Å². The molecule has 0 spiro atoms. The monoisotopic (exact) mass is 280 g/mol. The number of ether oxygens (including phenoxy) is 1. The second-order valence-electron chi connectivity index (χ2n) is 5.47. The first-order valence-electron chi connectivity index (χ1n) is 6.14. The van der Waals surface area contributed by atoms with E-state index in [-0.39, 0.29) is 11.4 Å². The van der Waals surface area contributed by atoms with Gasteiger partial charge >= 0.3 is 5.97 Å². The Balaban J connectivity index is 2.87. The first kappa shape index (κ1) is 15.6. The number of nitrogens with one attached hydrogen (secondary N) is 1. The van der Waals surface area contributed by atoms with Crippen LogP contribution in [-0.2, 0) is 9.53 Å². The highest BCUT2D eigenvalue weighted by Crippen LogP contribution is 2.19. The molecule has 1 rings (SSSR count). The van der Waals surface area contributed by atoms with Crippen LogP contribution < -0.4 is 5.32 Å². The Morgan fingerprint density at radius 1 is 1.47 bits per heavy atom. The van der Waals surface area contributed by atoms with Gasteiger partial charge in [0.15, 0.2) is 0 Å². The van der Waals surface area contributed by atoms with Crippen LogP contribution in [0.4, 0.5) is 0 Å². The van der Waals surface area contributed by atoms with Crippen molar-refractivity contribution < 1.29 is 9.53 Å². The van der Waals surface area contributed by atoms with E-state index in [1.165, 1.54) is 0 Å². The van der Waals surface area contributed by atoms with E-state index in [4.69, 9.17) is 17.0 Å². The summed E-state index contributed by atoms with van der Waals surface area (Å²) in [6, 6.07) is 5.39. The summed E-state index contributed by atoms with van der Waals surface area (Å²) in [5, 5.41) is 2.83. The highest BCUT2D eigenvalue weighted by atomic mass is 32.1. The van der Waals surface area contributed by atoms with Crippen molar-refractivity contribution in [3.05, 3.63) is 30.1 Å². The Kier molecular flexibility index (Phi) is 5.42. The molecule has 1 unspecified atom stereocenters. The van der Waals surface area contributed by atoms with Gasteiger partial charge in [-0.1, -0.05) is 39.1 Å². The van der Waals surface area contributed by atoms with Gasteiger partial charge in [-0.25, -0.2) is 0 Å². The number of esters is 1. The van der Waals surface area contributed by atoms with Crippen molar-refractivity contribution in [2.45, 2.75) is 26.7 Å². The van der Waals surface area contributed by atoms with Crippen LogP contribution >= 0.6 is 12.2 Å². The van der Waals surface area contributed by atoms with Crippen LogP contribution in [0, 0.1) is 5.41 Å². The number of nitrogens with zero attached hydrogens (tertiary/aromatic N) is 1. The van der Waals surface area contributed by atoms with Crippen LogP contribution in [-0.4, -0.2) is 29.6 Å². The van der Waals surface area contributed by atoms with Crippen LogP contribution in [0.25, 0.3) is 0 Å². The Morgan fingerprint density at radius 2 is 2.16 bits per heavy atom. The Hall–Kier alpha value is -1.49. The maximum atomic E-state index is 12.2. The lowest BCUT2D eigenvalue weighted by molar-refractivity contribution is -0.146. The zero-order valence-corrected chi connectivity index (χ0v) is 12.6. The van der Waals surface area contributed by atoms with E-state index >= 15 is 0 Å². The average Bonchev–Trinajstić information content (AvgIpc) is 2.37. The van der Waals surface area contributed by atoms with E-state index in [1.807, 2.05) is 26.8 Å². The van der Waals surface area contributed by atoms with Gasteiger partial charge in [0, 0.05) is 13.2 Å². The molecular weight excluding hydrogens is 260 g/mol. The molecule has 0 saturated carbocycles. The summed E-state index contributed by atoms with van der Waals surface area (Å²) in [5.74, 6) is -1.02. The lowest BCUT2D eigenvalue weighted by atomic mass is 9.98. The van der Waals surface area contributed by atoms with Crippen LogP contribution in [0.15, 0.2) is 24.4 Å². The number of thiocarbonyl (C=S) groups is 1. The summed E-state index contributed by atoms with van der Waals surface area (Å²) in [6.07, 6.45) is 1.64. The normalized spacial score (nSPS) is 12.6. The van der Waals surface area contributed by atoms with E-state index in [1.54, 1.807) is 25.4 Å². The number of likely N-dealkylation sites (N-methyl/N-ethyl adjacent to an activating group) is 1. The predicted octanol–water partition coefficient (Wildman–Crippen LogP) is 2.30. The molecule has 104 valence electrons. The summed E-state index contributed by atoms with van der Waals surface area (Å²) in [4.78, 5) is 16.8. The molecule has 1 heterocycles. The molecule has 1 aromatic heterocycles. The van der Waals surface area contributed by atoms with Crippen molar-refractivity contribution in [2.75, 3.05) is 13.7 Å². The summed E-state index contributed by atoms with van der Waals surface area (Å²) in [5.41, 5.74) is 0.520. The standard InChI is InChI=1S/C14H20N2O2S/c1-14(2,3)9-18-13(17)11(12(19)15-4)10-7-5-6-8-16-10/h5-8,11H,9H2,1-4H3,(H,15,19). The van der Waals surface area contributed by atoms with E-state index in [0.29, 0.717) is 17.3 Å². The van der Waals surface area contributed by atoms with Crippen molar-refractivity contribution in [3.8, 4) is 0 Å². The van der Waals surface area contributed by atoms with Crippen LogP contribution in [0.3, 0.4) is 0 Å². The molecule has 0 saturated heterocycles. The first-order valence-corrected chi connectivity index (χ1v) is 6.55. The van der Waals surface area contributed by atoms with Gasteiger partial charge in [0.05, 0.1) is 17.3 Å². The van der Waals surface area contributed by atoms with Crippen molar-refractivity contribution >= 4 is 23.2 Å². The molecule has 1 aromatic rings. The lowest BCUT2D eigenvalue weighted by Crippen LogP contribution is -2.33. The summed E-state index contributed by atoms with van der Waals surface area (Å²) in [6.45, 7) is 6.37. The van der Waals surface area contributed by atoms with Crippen LogP contribution in [0.5, 0.6) is 0 Å². The second-order valence-corrected chi connectivity index (χ2v) is 5.91. The highest BCUT2D eigenvalue weighted by molar-refractivity contribution is 7.80. The van der Waals surface area contributed by atoms with Crippen molar-refractivity contribution in [1.29, 1.82) is 0 Å². The van der Waals surface area contributed by atoms with Gasteiger partial charge < -0.3 is 10.1 Å². The molecule has 0 amide bonds. The molecule has 1 N–H and O–H groups in total. The summed E-state index contributed by atoms with van der Waals surface area (Å²) >= 11 is 5.19. The lowest BCUT2D eigenvalue weighted by Gasteiger charge is -2.21. The van der Waals surface area contributed by atoms with Gasteiger partial charge in [-0.05, 0) is 17.5 Å². The van der Waals surface area contributed by atoms with Crippen molar-refractivity contribution in [1.82, 2.24) is 10.3 Å². The summed E-state index contributed by atoms with van der Waals surface area (Å²) < 4.78 is 5.34. The molecule has 0 radical (unpaired) electrons. The van der Waals surface area contributed by atoms with Gasteiger partial charge in [0.2, 0.25) is 0 Å². The largest absolute Gasteiger partial charge is 0.464 e. The molecule has 5 heteroatoms. The van der Waals surface area contributed by atoms with Gasteiger partial charge in [-0.3, -0.25) is 9.78 Å². The predicted molar refractivity (Wildman–Crippen MR) is 79.0 cm³/mol.